The van der Waals surface area contributed by atoms with Crippen molar-refractivity contribution in [1.82, 2.24) is 21.3 Å². The van der Waals surface area contributed by atoms with E-state index >= 15 is 0 Å². The highest BCUT2D eigenvalue weighted by molar-refractivity contribution is 5.93. The zero-order valence-corrected chi connectivity index (χ0v) is 44.2. The van der Waals surface area contributed by atoms with E-state index in [1.54, 1.807) is 6.08 Å². The summed E-state index contributed by atoms with van der Waals surface area (Å²) in [7, 11) is 1.24. The lowest BCUT2D eigenvalue weighted by molar-refractivity contribution is -0.231. The van der Waals surface area contributed by atoms with Gasteiger partial charge in [0.25, 0.3) is 0 Å². The van der Waals surface area contributed by atoms with Gasteiger partial charge >= 0.3 is 12.1 Å². The van der Waals surface area contributed by atoms with E-state index in [0.29, 0.717) is 6.61 Å². The molecule has 4 amide bonds. The van der Waals surface area contributed by atoms with E-state index in [-0.39, 0.29) is 57.5 Å². The molecule has 4 N–H and O–H groups in total. The quantitative estimate of drug-likeness (QED) is 0.0319. The van der Waals surface area contributed by atoms with Gasteiger partial charge in [0.1, 0.15) is 43.0 Å². The molecule has 2 aliphatic rings. The number of hydrogen-bond acceptors (Lipinski definition) is 11. The summed E-state index contributed by atoms with van der Waals surface area (Å²) in [5.74, 6) is -2.51. The third-order valence-corrected chi connectivity index (χ3v) is 13.8. The molecule has 15 heteroatoms. The Morgan fingerprint density at radius 2 is 1.08 bits per heavy atom. The Hall–Kier alpha value is -7.95. The number of hydrogen-bond donors (Lipinski definition) is 4. The molecule has 1 fully saturated rings. The normalized spacial score (nSPS) is 18.8. The molecule has 0 bridgehead atoms. The number of methoxy groups -OCH3 is 1. The fourth-order valence-corrected chi connectivity index (χ4v) is 9.89. The second-order valence-corrected chi connectivity index (χ2v) is 19.4. The van der Waals surface area contributed by atoms with Crippen molar-refractivity contribution in [2.45, 2.75) is 107 Å². The third-order valence-electron chi connectivity index (χ3n) is 13.8. The van der Waals surface area contributed by atoms with Crippen LogP contribution in [0.5, 0.6) is 0 Å². The minimum absolute atomic E-state index is 0.0383. The van der Waals surface area contributed by atoms with Gasteiger partial charge in [0.15, 0.2) is 0 Å². The maximum atomic E-state index is 14.3. The van der Waals surface area contributed by atoms with Crippen LogP contribution in [-0.4, -0.2) is 98.7 Å². The first-order chi connectivity index (χ1) is 38.0. The van der Waals surface area contributed by atoms with Gasteiger partial charge in [-0.2, -0.15) is 0 Å². The Labute approximate surface area is 456 Å². The number of carbonyl (C=O) groups is 5. The van der Waals surface area contributed by atoms with Crippen molar-refractivity contribution in [3.05, 3.63) is 215 Å². The number of benzene rings is 6. The highest BCUT2D eigenvalue weighted by atomic mass is 16.6. The second-order valence-electron chi connectivity index (χ2n) is 19.4. The first kappa shape index (κ1) is 56.3. The fraction of sp³-hybridized carbons (Fsp3) is 0.317. The molecule has 0 saturated carbocycles. The molecule has 1 aliphatic heterocycles. The Kier molecular flexibility index (Phi) is 20.5. The Balaban J connectivity index is 1.00. The van der Waals surface area contributed by atoms with Gasteiger partial charge in [-0.05, 0) is 64.3 Å². The fourth-order valence-electron chi connectivity index (χ4n) is 9.89. The van der Waals surface area contributed by atoms with Crippen LogP contribution in [0, 0.1) is 0 Å². The summed E-state index contributed by atoms with van der Waals surface area (Å²) < 4.78 is 37.5. The Bertz CT molecular complexity index is 2880. The average molecular weight is 1060 g/mol. The van der Waals surface area contributed by atoms with Crippen LogP contribution >= 0.6 is 0 Å². The summed E-state index contributed by atoms with van der Waals surface area (Å²) in [5.41, 5.74) is 7.86. The molecule has 8 atom stereocenters. The van der Waals surface area contributed by atoms with Gasteiger partial charge in [-0.25, -0.2) is 9.59 Å². The van der Waals surface area contributed by atoms with Crippen LogP contribution in [0.2, 0.25) is 0 Å². The van der Waals surface area contributed by atoms with E-state index in [0.717, 1.165) is 44.5 Å². The molecular weight excluding hydrogens is 989 g/mol. The largest absolute Gasteiger partial charge is 0.467 e. The summed E-state index contributed by atoms with van der Waals surface area (Å²) in [6.45, 7) is 3.87. The smallest absolute Gasteiger partial charge is 0.407 e. The summed E-state index contributed by atoms with van der Waals surface area (Å²) in [6, 6.07) is 50.2. The SMILES string of the molecule is COC(=O)[C@H](Cc1ccccc1)NC(=O)[C@H](C/C=C/C[C@H]1O[C@H](COCc2ccccc2)[C@@H](OCc2ccccc2)[C@H](OCc2ccccc2)[C@H]1NC(C)=O)NC(=O)[C@H](C)NC(=O)OCC1c2ccccc2-c2ccccc21. The van der Waals surface area contributed by atoms with Crippen molar-refractivity contribution in [2.75, 3.05) is 20.3 Å². The molecule has 1 aliphatic carbocycles. The predicted octanol–water partition coefficient (Wildman–Crippen LogP) is 8.30. The third kappa shape index (κ3) is 15.6. The predicted molar refractivity (Wildman–Crippen MR) is 294 cm³/mol. The number of carbonyl (C=O) groups excluding carboxylic acids is 5. The molecule has 6 aromatic carbocycles. The molecule has 0 aromatic heterocycles. The maximum Gasteiger partial charge on any atom is 0.407 e. The van der Waals surface area contributed by atoms with E-state index < -0.39 is 72.5 Å². The number of alkyl carbamates (subject to hydrolysis) is 1. The van der Waals surface area contributed by atoms with Gasteiger partial charge in [0.05, 0.1) is 45.7 Å². The molecule has 1 saturated heterocycles. The highest BCUT2D eigenvalue weighted by Gasteiger charge is 2.48. The summed E-state index contributed by atoms with van der Waals surface area (Å²) in [5, 5.41) is 11.3. The lowest BCUT2D eigenvalue weighted by atomic mass is 9.90. The number of rotatable bonds is 25. The molecule has 78 heavy (non-hydrogen) atoms. The van der Waals surface area contributed by atoms with Crippen LogP contribution in [0.1, 0.15) is 66.0 Å². The van der Waals surface area contributed by atoms with E-state index in [9.17, 15) is 24.0 Å². The molecule has 0 radical (unpaired) electrons. The lowest BCUT2D eigenvalue weighted by Crippen LogP contribution is -2.65. The Morgan fingerprint density at radius 1 is 0.564 bits per heavy atom. The maximum absolute atomic E-state index is 14.3. The minimum Gasteiger partial charge on any atom is -0.467 e. The van der Waals surface area contributed by atoms with Crippen molar-refractivity contribution < 1.29 is 52.4 Å². The van der Waals surface area contributed by atoms with E-state index in [2.05, 4.69) is 21.3 Å². The number of ether oxygens (including phenoxy) is 6. The second kappa shape index (κ2) is 28.4. The molecule has 406 valence electrons. The summed E-state index contributed by atoms with van der Waals surface area (Å²) in [6.07, 6.45) is 0.251. The molecule has 1 heterocycles. The number of esters is 1. The van der Waals surface area contributed by atoms with Crippen LogP contribution in [0.4, 0.5) is 4.79 Å². The van der Waals surface area contributed by atoms with E-state index in [4.69, 9.17) is 28.4 Å². The van der Waals surface area contributed by atoms with Crippen LogP contribution < -0.4 is 21.3 Å². The molecule has 0 spiro atoms. The zero-order chi connectivity index (χ0) is 54.6. The first-order valence-electron chi connectivity index (χ1n) is 26.4. The highest BCUT2D eigenvalue weighted by Crippen LogP contribution is 2.44. The minimum atomic E-state index is -1.24. The Morgan fingerprint density at radius 3 is 1.64 bits per heavy atom. The van der Waals surface area contributed by atoms with E-state index in [1.165, 1.54) is 21.0 Å². The zero-order valence-electron chi connectivity index (χ0n) is 44.2. The van der Waals surface area contributed by atoms with E-state index in [1.807, 2.05) is 176 Å². The van der Waals surface area contributed by atoms with Gasteiger partial charge in [-0.1, -0.05) is 182 Å². The van der Waals surface area contributed by atoms with Gasteiger partial charge in [-0.15, -0.1) is 0 Å². The first-order valence-corrected chi connectivity index (χ1v) is 26.4. The molecular formula is C63H68N4O11. The summed E-state index contributed by atoms with van der Waals surface area (Å²) >= 11 is 0. The number of fused-ring (bicyclic) bond motifs is 3. The van der Waals surface area contributed by atoms with Crippen LogP contribution in [0.15, 0.2) is 182 Å². The topological polar surface area (TPSA) is 189 Å². The van der Waals surface area contributed by atoms with Crippen molar-refractivity contribution in [1.29, 1.82) is 0 Å². The average Bonchev–Trinajstić information content (AvgIpc) is 3.83. The van der Waals surface area contributed by atoms with Gasteiger partial charge in [-0.3, -0.25) is 14.4 Å². The van der Waals surface area contributed by atoms with Crippen molar-refractivity contribution in [2.24, 2.45) is 0 Å². The summed E-state index contributed by atoms with van der Waals surface area (Å²) in [4.78, 5) is 67.9. The van der Waals surface area contributed by atoms with Crippen molar-refractivity contribution in [3.63, 3.8) is 0 Å². The van der Waals surface area contributed by atoms with Gasteiger partial charge in [0, 0.05) is 19.3 Å². The molecule has 15 nitrogen and oxygen atoms in total. The molecule has 0 unspecified atom stereocenters. The molecule has 8 rings (SSSR count). The van der Waals surface area contributed by atoms with Gasteiger partial charge < -0.3 is 49.7 Å². The number of nitrogens with one attached hydrogen (secondary N) is 4. The van der Waals surface area contributed by atoms with Crippen molar-refractivity contribution >= 4 is 29.8 Å². The lowest BCUT2D eigenvalue weighted by Gasteiger charge is -2.46. The monoisotopic (exact) mass is 1060 g/mol. The molecule has 6 aromatic rings. The van der Waals surface area contributed by atoms with Crippen LogP contribution in [-0.2, 0) is 73.8 Å². The number of amides is 4. The van der Waals surface area contributed by atoms with Gasteiger partial charge in [0.2, 0.25) is 17.7 Å². The van der Waals surface area contributed by atoms with Crippen LogP contribution in [0.3, 0.4) is 0 Å². The standard InChI is InChI=1S/C63H68N4O11/c1-42(64-63(72)77-40-52-50-32-18-16-30-48(50)49-31-17-19-33-51(49)52)60(69)66-53(61(70)67-54(62(71)73-3)36-44-22-8-4-9-23-44)34-20-21-35-55-57(65-43(2)68)59(76-39-47-28-14-7-15-29-47)58(75-38-46-26-12-6-13-27-46)56(78-55)41-74-37-45-24-10-5-11-25-45/h4-33,42,52-59H,34-41H2,1-3H3,(H,64,72)(H,65,68)(H,66,69)(H,67,70)/b21-20+/t42-,53-,54-,55+,56+,57-,58+,59+/m0/s1. The van der Waals surface area contributed by atoms with Crippen molar-refractivity contribution in [3.8, 4) is 11.1 Å². The van der Waals surface area contributed by atoms with Crippen LogP contribution in [0.25, 0.3) is 11.1 Å².